The molecule has 2 fully saturated rings. The summed E-state index contributed by atoms with van der Waals surface area (Å²) in [6.45, 7) is 29.3. The number of anilines is 4. The van der Waals surface area contributed by atoms with Crippen molar-refractivity contribution in [3.05, 3.63) is 130 Å². The largest absolute Gasteiger partial charge is 0.493 e. The minimum Gasteiger partial charge on any atom is -0.493 e. The molecule has 24 nitrogen and oxygen atoms in total. The molecule has 0 radical (unpaired) electrons. The molecule has 2 saturated heterocycles. The van der Waals surface area contributed by atoms with E-state index in [1.165, 1.54) is 0 Å². The predicted molar refractivity (Wildman–Crippen MR) is 353 cm³/mol. The molecular weight excluding hydrogens is 1260 g/mol. The van der Waals surface area contributed by atoms with Crippen LogP contribution in [0, 0.1) is 0 Å². The van der Waals surface area contributed by atoms with Gasteiger partial charge in [0.15, 0.2) is 0 Å². The second-order valence-corrected chi connectivity index (χ2v) is 28.5. The standard InChI is InChI=1S/C26H29N7O3.C18H21BrN2O3.C12H24B2O4.C8H8ClN5/c1-26(2,3)24-31-23(32-36-24)21(34)12-16-6-5-11-35-22-13-17(7-8-19(16)22)20-9-10-27-25(30-20)29-18-14-28-33(4)15-18;1-18(2,3)17-20-16(21-24-17)14(22)9-11-5-4-8-23-15-10-12(19)6-7-13(11)15;1-9(2)10(3,4)16-13(15-9)14-17-11(5,6)12(7,8)18-14;1-14-5-6(4-11-14)12-8-10-3-2-7(9)13-8/h7-10,13-16H,5-6,11-12H2,1-4H3,(H,27,29,30);6-7,10-11H,4-5,8-9H2,1-3H3;1-8H3;2-5H,1H3,(H,10,12,13). The first kappa shape index (κ1) is 68.9. The van der Waals surface area contributed by atoms with Crippen molar-refractivity contribution in [2.24, 2.45) is 14.1 Å². The summed E-state index contributed by atoms with van der Waals surface area (Å²) in [6, 6.07) is 15.5. The Morgan fingerprint density at radius 2 is 1.04 bits per heavy atom. The number of fused-ring (bicyclic) bond motifs is 2. The van der Waals surface area contributed by atoms with Gasteiger partial charge in [0.25, 0.3) is 0 Å². The van der Waals surface area contributed by atoms with Crippen molar-refractivity contribution in [2.75, 3.05) is 23.8 Å². The first-order valence-electron chi connectivity index (χ1n) is 30.7. The fraction of sp³-hybridized carbons (Fsp3) is 0.500. The monoisotopic (exact) mass is 1340 g/mol. The van der Waals surface area contributed by atoms with Crippen LogP contribution in [0.25, 0.3) is 11.3 Å². The number of hydrogen-bond acceptors (Lipinski definition) is 22. The van der Waals surface area contributed by atoms with Crippen molar-refractivity contribution in [1.29, 1.82) is 0 Å². The summed E-state index contributed by atoms with van der Waals surface area (Å²) in [7, 11) is 2.74. The zero-order valence-electron chi connectivity index (χ0n) is 55.3. The molecule has 2 unspecified atom stereocenters. The molecule has 4 aliphatic heterocycles. The van der Waals surface area contributed by atoms with Gasteiger partial charge in [0.2, 0.25) is 46.9 Å². The Labute approximate surface area is 551 Å². The molecule has 0 bridgehead atoms. The van der Waals surface area contributed by atoms with Gasteiger partial charge in [-0.05, 0) is 134 Å². The van der Waals surface area contributed by atoms with E-state index in [0.29, 0.717) is 54.9 Å². The molecular formula is C64H82B2BrClN14O10. The van der Waals surface area contributed by atoms with E-state index in [9.17, 15) is 9.59 Å². The van der Waals surface area contributed by atoms with E-state index in [-0.39, 0.29) is 68.3 Å². The molecule has 10 heterocycles. The number of carbonyl (C=O) groups is 2. The van der Waals surface area contributed by atoms with E-state index in [1.807, 2.05) is 166 Å². The number of benzene rings is 2. The second-order valence-electron chi connectivity index (χ2n) is 27.2. The molecule has 2 aromatic carbocycles. The van der Waals surface area contributed by atoms with Crippen LogP contribution in [0.2, 0.25) is 5.15 Å². The van der Waals surface area contributed by atoms with Crippen LogP contribution < -0.4 is 20.1 Å². The average molecular weight is 1340 g/mol. The van der Waals surface area contributed by atoms with Crippen LogP contribution in [-0.2, 0) is 43.5 Å². The van der Waals surface area contributed by atoms with Crippen LogP contribution in [0.4, 0.5) is 23.3 Å². The quantitative estimate of drug-likeness (QED) is 0.0653. The number of aromatic nitrogens is 12. The van der Waals surface area contributed by atoms with E-state index in [1.54, 1.807) is 40.2 Å². The number of ketones is 2. The number of aryl methyl sites for hydroxylation is 2. The van der Waals surface area contributed by atoms with Crippen LogP contribution in [0.1, 0.15) is 191 Å². The topological polar surface area (TPSA) is 279 Å². The minimum atomic E-state index is -0.476. The van der Waals surface area contributed by atoms with E-state index >= 15 is 0 Å². The molecule has 0 amide bonds. The lowest BCUT2D eigenvalue weighted by Gasteiger charge is -2.32. The summed E-state index contributed by atoms with van der Waals surface area (Å²) in [5.41, 5.74) is 3.38. The highest BCUT2D eigenvalue weighted by molar-refractivity contribution is 9.10. The SMILES string of the molecule is CC(C)(C)c1nc(C(=O)CC2CCCOc3cc(Br)ccc32)no1.CC1(C)OB(B2OC(C)(C)C(C)(C)O2)OC1(C)C.Cn1cc(Nc2nccc(-c3ccc4c(c3)OCCCC4CC(=O)c3noc(C(C)(C)C)n3)n2)cn1.Cn1cc(Nc2nccc(Cl)n2)cn1. The lowest BCUT2D eigenvalue weighted by Crippen LogP contribution is -2.41. The van der Waals surface area contributed by atoms with Crippen LogP contribution in [0.5, 0.6) is 11.5 Å². The third kappa shape index (κ3) is 17.2. The first-order chi connectivity index (χ1) is 43.2. The number of carbonyl (C=O) groups excluding carboxylic acids is 2. The van der Waals surface area contributed by atoms with Crippen molar-refractivity contribution in [3.63, 3.8) is 0 Å². The number of hydrogen-bond donors (Lipinski definition) is 2. The van der Waals surface area contributed by atoms with E-state index in [4.69, 9.17) is 48.7 Å². The van der Waals surface area contributed by atoms with Crippen molar-refractivity contribution in [1.82, 2.24) is 59.8 Å². The average Bonchev–Trinajstić information content (AvgIpc) is 1.59. The Bertz CT molecular complexity index is 3790. The molecule has 0 saturated carbocycles. The van der Waals surface area contributed by atoms with Gasteiger partial charge in [0, 0.05) is 72.6 Å². The Hall–Kier alpha value is -7.42. The van der Waals surface area contributed by atoms with Gasteiger partial charge in [0.05, 0.1) is 65.1 Å². The maximum atomic E-state index is 13.0. The maximum Gasteiger partial charge on any atom is 0.488 e. The fourth-order valence-electron chi connectivity index (χ4n) is 10.0. The second kappa shape index (κ2) is 28.0. The van der Waals surface area contributed by atoms with Crippen molar-refractivity contribution < 1.29 is 46.7 Å². The normalized spacial score (nSPS) is 18.5. The summed E-state index contributed by atoms with van der Waals surface area (Å²) in [5.74, 6) is 3.72. The maximum absolute atomic E-state index is 13.0. The van der Waals surface area contributed by atoms with Crippen molar-refractivity contribution >= 4 is 76.4 Å². The summed E-state index contributed by atoms with van der Waals surface area (Å²) in [4.78, 5) is 51.2. The number of halogens is 2. The number of ether oxygens (including phenoxy) is 2. The van der Waals surface area contributed by atoms with E-state index in [2.05, 4.69) is 77.0 Å². The highest BCUT2D eigenvalue weighted by Gasteiger charge is 2.63. The van der Waals surface area contributed by atoms with Gasteiger partial charge < -0.3 is 47.8 Å². The molecule has 2 N–H and O–H groups in total. The van der Waals surface area contributed by atoms with Gasteiger partial charge in [-0.25, -0.2) is 19.9 Å². The third-order valence-corrected chi connectivity index (χ3v) is 17.2. The van der Waals surface area contributed by atoms with Crippen LogP contribution in [-0.4, -0.2) is 121 Å². The van der Waals surface area contributed by atoms with Gasteiger partial charge in [-0.1, -0.05) is 97.6 Å². The summed E-state index contributed by atoms with van der Waals surface area (Å²) in [6.07, 6.45) is 14.6. The van der Waals surface area contributed by atoms with Crippen LogP contribution in [0.15, 0.2) is 99.2 Å². The third-order valence-electron chi connectivity index (χ3n) is 16.5. The summed E-state index contributed by atoms with van der Waals surface area (Å²) >= 11 is 9.17. The number of Topliss-reactive ketones (excluding diaryl/α,β-unsaturated/α-hetero) is 2. The van der Waals surface area contributed by atoms with Crippen molar-refractivity contribution in [2.45, 2.75) is 181 Å². The highest BCUT2D eigenvalue weighted by Crippen LogP contribution is 2.44. The van der Waals surface area contributed by atoms with Crippen molar-refractivity contribution in [3.8, 4) is 22.8 Å². The number of nitrogens with one attached hydrogen (secondary N) is 2. The molecule has 8 aromatic rings. The molecule has 0 aliphatic carbocycles. The van der Waals surface area contributed by atoms with E-state index in [0.717, 1.165) is 75.4 Å². The van der Waals surface area contributed by atoms with Crippen LogP contribution in [0.3, 0.4) is 0 Å². The first-order valence-corrected chi connectivity index (χ1v) is 31.9. The zero-order chi connectivity index (χ0) is 66.6. The Morgan fingerprint density at radius 3 is 1.47 bits per heavy atom. The molecule has 12 rings (SSSR count). The van der Waals surface area contributed by atoms with Gasteiger partial charge in [-0.2, -0.15) is 20.2 Å². The summed E-state index contributed by atoms with van der Waals surface area (Å²) in [5, 5.41) is 22.5. The molecule has 2 atom stereocenters. The predicted octanol–water partition coefficient (Wildman–Crippen LogP) is 13.3. The Morgan fingerprint density at radius 1 is 0.609 bits per heavy atom. The lowest BCUT2D eigenvalue weighted by molar-refractivity contribution is 0.00578. The van der Waals surface area contributed by atoms with Gasteiger partial charge in [-0.3, -0.25) is 19.0 Å². The Balaban J connectivity index is 0.000000155. The fourth-order valence-corrected chi connectivity index (χ4v) is 10.5. The molecule has 0 spiro atoms. The zero-order valence-corrected chi connectivity index (χ0v) is 57.6. The van der Waals surface area contributed by atoms with Crippen LogP contribution >= 0.6 is 27.5 Å². The number of rotatable bonds is 12. The molecule has 92 heavy (non-hydrogen) atoms. The molecule has 28 heteroatoms. The molecule has 488 valence electrons. The van der Waals surface area contributed by atoms with Gasteiger partial charge >= 0.3 is 14.0 Å². The number of nitrogens with zero attached hydrogens (tertiary/aromatic N) is 12. The minimum absolute atomic E-state index is 0.00819. The highest BCUT2D eigenvalue weighted by atomic mass is 79.9. The Kier molecular flexibility index (Phi) is 21.0. The van der Waals surface area contributed by atoms with E-state index < -0.39 is 14.0 Å². The van der Waals surface area contributed by atoms with Gasteiger partial charge in [0.1, 0.15) is 16.7 Å². The lowest BCUT2D eigenvalue weighted by atomic mass is 9.49. The molecule has 6 aromatic heterocycles. The van der Waals surface area contributed by atoms with Gasteiger partial charge in [-0.15, -0.1) is 0 Å². The smallest absolute Gasteiger partial charge is 0.488 e. The summed E-state index contributed by atoms with van der Waals surface area (Å²) < 4.78 is 50.7. The molecule has 4 aliphatic rings.